The molecule has 3 aromatic rings. The molecule has 6 rings (SSSR count). The Bertz CT molecular complexity index is 1450. The van der Waals surface area contributed by atoms with Gasteiger partial charge >= 0.3 is 0 Å². The van der Waals surface area contributed by atoms with Crippen LogP contribution in [0.15, 0.2) is 18.2 Å². The van der Waals surface area contributed by atoms with Crippen LogP contribution in [-0.2, 0) is 22.5 Å². The topological polar surface area (TPSA) is 85.6 Å². The van der Waals surface area contributed by atoms with Gasteiger partial charge in [-0.15, -0.1) is 0 Å². The molecule has 3 aliphatic heterocycles. The van der Waals surface area contributed by atoms with Gasteiger partial charge in [-0.1, -0.05) is 0 Å². The van der Waals surface area contributed by atoms with Crippen LogP contribution < -0.4 is 9.64 Å². The molecule has 3 aliphatic rings. The van der Waals surface area contributed by atoms with Crippen molar-refractivity contribution in [2.45, 2.75) is 78.2 Å². The van der Waals surface area contributed by atoms with E-state index < -0.39 is 11.6 Å². The summed E-state index contributed by atoms with van der Waals surface area (Å²) in [4.78, 5) is 26.5. The van der Waals surface area contributed by atoms with Gasteiger partial charge in [0.1, 0.15) is 23.8 Å². The van der Waals surface area contributed by atoms with Gasteiger partial charge in [-0.3, -0.25) is 4.79 Å². The average molecular weight is 567 g/mol. The van der Waals surface area contributed by atoms with Gasteiger partial charge in [0.25, 0.3) is 0 Å². The number of halogens is 2. The van der Waals surface area contributed by atoms with Crippen molar-refractivity contribution in [3.63, 3.8) is 0 Å². The van der Waals surface area contributed by atoms with E-state index in [0.717, 1.165) is 71.8 Å². The quantitative estimate of drug-likeness (QED) is 0.435. The van der Waals surface area contributed by atoms with Crippen LogP contribution in [0.2, 0.25) is 0 Å². The third-order valence-corrected chi connectivity index (χ3v) is 8.36. The standard InChI is InChI=1S/C30H36F2N6O3/c1-18-28(19(2)38(35-18)27-6-4-5-15-40-27)29-30(34-24-11-14-37(20(3)39)17-25(24)33-29)36-12-9-22(10-13-36)41-26-8-7-21(31)16-23(26)32/h7-8,16,22,27H,4-6,9-15,17H2,1-3H3. The van der Waals surface area contributed by atoms with Crippen LogP contribution in [0.3, 0.4) is 0 Å². The molecule has 2 saturated heterocycles. The predicted molar refractivity (Wildman–Crippen MR) is 149 cm³/mol. The second-order valence-corrected chi connectivity index (χ2v) is 11.2. The van der Waals surface area contributed by atoms with E-state index in [9.17, 15) is 13.6 Å². The average Bonchev–Trinajstić information content (AvgIpc) is 3.27. The van der Waals surface area contributed by atoms with Gasteiger partial charge in [0.05, 0.1) is 23.6 Å². The van der Waals surface area contributed by atoms with Crippen molar-refractivity contribution in [3.8, 4) is 17.0 Å². The summed E-state index contributed by atoms with van der Waals surface area (Å²) >= 11 is 0. The highest BCUT2D eigenvalue weighted by atomic mass is 19.1. The van der Waals surface area contributed by atoms with E-state index in [0.29, 0.717) is 45.4 Å². The third kappa shape index (κ3) is 5.51. The molecule has 0 aliphatic carbocycles. The molecule has 11 heteroatoms. The summed E-state index contributed by atoms with van der Waals surface area (Å²) in [5.41, 5.74) is 5.26. The number of aromatic nitrogens is 4. The summed E-state index contributed by atoms with van der Waals surface area (Å²) in [6.45, 7) is 8.69. The summed E-state index contributed by atoms with van der Waals surface area (Å²) in [5, 5.41) is 4.88. The molecule has 0 radical (unpaired) electrons. The molecule has 0 bridgehead atoms. The van der Waals surface area contributed by atoms with Crippen molar-refractivity contribution in [3.05, 3.63) is 52.6 Å². The number of aryl methyl sites for hydroxylation is 1. The number of carbonyl (C=O) groups is 1. The first-order valence-corrected chi connectivity index (χ1v) is 14.5. The highest BCUT2D eigenvalue weighted by Gasteiger charge is 2.31. The minimum Gasteiger partial charge on any atom is -0.487 e. The molecule has 41 heavy (non-hydrogen) atoms. The lowest BCUT2D eigenvalue weighted by Gasteiger charge is -2.35. The second-order valence-electron chi connectivity index (χ2n) is 11.2. The van der Waals surface area contributed by atoms with Crippen LogP contribution in [0.1, 0.15) is 68.0 Å². The van der Waals surface area contributed by atoms with E-state index >= 15 is 0 Å². The number of amides is 1. The number of hydrogen-bond acceptors (Lipinski definition) is 7. The first kappa shape index (κ1) is 27.6. The maximum absolute atomic E-state index is 14.2. The number of benzene rings is 1. The Morgan fingerprint density at radius 2 is 1.85 bits per heavy atom. The van der Waals surface area contributed by atoms with E-state index in [-0.39, 0.29) is 24.0 Å². The van der Waals surface area contributed by atoms with Crippen LogP contribution in [-0.4, -0.2) is 62.9 Å². The summed E-state index contributed by atoms with van der Waals surface area (Å²) < 4.78 is 41.5. The van der Waals surface area contributed by atoms with Crippen molar-refractivity contribution in [2.24, 2.45) is 0 Å². The summed E-state index contributed by atoms with van der Waals surface area (Å²) in [6, 6.07) is 3.39. The Morgan fingerprint density at radius 1 is 1.05 bits per heavy atom. The number of anilines is 1. The smallest absolute Gasteiger partial charge is 0.219 e. The first-order valence-electron chi connectivity index (χ1n) is 14.5. The van der Waals surface area contributed by atoms with Gasteiger partial charge in [0, 0.05) is 69.8 Å². The molecule has 2 aromatic heterocycles. The minimum atomic E-state index is -0.695. The number of hydrogen-bond donors (Lipinski definition) is 0. The molecule has 1 unspecified atom stereocenters. The zero-order chi connectivity index (χ0) is 28.7. The Balaban J connectivity index is 1.32. The largest absolute Gasteiger partial charge is 0.487 e. The van der Waals surface area contributed by atoms with E-state index in [1.807, 2.05) is 11.6 Å². The number of rotatable bonds is 5. The number of fused-ring (bicyclic) bond motifs is 1. The van der Waals surface area contributed by atoms with E-state index in [4.69, 9.17) is 24.5 Å². The molecule has 1 aromatic carbocycles. The minimum absolute atomic E-state index is 0.0253. The Labute approximate surface area is 238 Å². The van der Waals surface area contributed by atoms with Crippen molar-refractivity contribution in [1.82, 2.24) is 24.6 Å². The molecular weight excluding hydrogens is 530 g/mol. The second kappa shape index (κ2) is 11.3. The molecule has 1 atom stereocenters. The number of ether oxygens (including phenoxy) is 2. The summed E-state index contributed by atoms with van der Waals surface area (Å²) in [5.74, 6) is -0.435. The monoisotopic (exact) mass is 566 g/mol. The fourth-order valence-corrected chi connectivity index (χ4v) is 6.12. The molecule has 0 spiro atoms. The third-order valence-electron chi connectivity index (χ3n) is 8.36. The SMILES string of the molecule is CC(=O)N1CCc2nc(N3CCC(Oc4ccc(F)cc4F)CC3)c(-c3c(C)nn(C4CCCCO4)c3C)nc2C1. The summed E-state index contributed by atoms with van der Waals surface area (Å²) in [6.07, 6.45) is 4.73. The van der Waals surface area contributed by atoms with Gasteiger partial charge in [-0.2, -0.15) is 5.10 Å². The van der Waals surface area contributed by atoms with Crippen molar-refractivity contribution >= 4 is 11.7 Å². The van der Waals surface area contributed by atoms with E-state index in [2.05, 4.69) is 11.8 Å². The Kier molecular flexibility index (Phi) is 7.63. The Hall–Kier alpha value is -3.60. The summed E-state index contributed by atoms with van der Waals surface area (Å²) in [7, 11) is 0. The molecule has 0 saturated carbocycles. The lowest BCUT2D eigenvalue weighted by atomic mass is 10.0. The molecule has 5 heterocycles. The first-order chi connectivity index (χ1) is 19.8. The maximum atomic E-state index is 14.2. The fourth-order valence-electron chi connectivity index (χ4n) is 6.12. The van der Waals surface area contributed by atoms with Crippen LogP contribution in [0.25, 0.3) is 11.3 Å². The zero-order valence-electron chi connectivity index (χ0n) is 23.8. The van der Waals surface area contributed by atoms with E-state index in [1.165, 1.54) is 12.1 Å². The van der Waals surface area contributed by atoms with Crippen LogP contribution in [0, 0.1) is 25.5 Å². The van der Waals surface area contributed by atoms with Gasteiger partial charge in [0.2, 0.25) is 5.91 Å². The van der Waals surface area contributed by atoms with Crippen LogP contribution >= 0.6 is 0 Å². The Morgan fingerprint density at radius 3 is 2.56 bits per heavy atom. The molecule has 9 nitrogen and oxygen atoms in total. The molecule has 218 valence electrons. The van der Waals surface area contributed by atoms with E-state index in [1.54, 1.807) is 11.8 Å². The highest BCUT2D eigenvalue weighted by molar-refractivity contribution is 5.77. The van der Waals surface area contributed by atoms with Crippen LogP contribution in [0.4, 0.5) is 14.6 Å². The van der Waals surface area contributed by atoms with Crippen molar-refractivity contribution in [1.29, 1.82) is 0 Å². The number of nitrogens with zero attached hydrogens (tertiary/aromatic N) is 6. The molecular formula is C30H36F2N6O3. The molecule has 0 N–H and O–H groups in total. The van der Waals surface area contributed by atoms with Crippen molar-refractivity contribution in [2.75, 3.05) is 31.1 Å². The van der Waals surface area contributed by atoms with Gasteiger partial charge in [-0.25, -0.2) is 23.4 Å². The van der Waals surface area contributed by atoms with Gasteiger partial charge in [0.15, 0.2) is 17.4 Å². The van der Waals surface area contributed by atoms with Gasteiger partial charge in [-0.05, 0) is 45.2 Å². The van der Waals surface area contributed by atoms with Crippen LogP contribution in [0.5, 0.6) is 5.75 Å². The van der Waals surface area contributed by atoms with Gasteiger partial charge < -0.3 is 19.3 Å². The highest BCUT2D eigenvalue weighted by Crippen LogP contribution is 2.38. The fraction of sp³-hybridized carbons (Fsp3) is 0.533. The lowest BCUT2D eigenvalue weighted by molar-refractivity contribution is -0.129. The molecule has 2 fully saturated rings. The zero-order valence-corrected chi connectivity index (χ0v) is 23.8. The normalized spacial score (nSPS) is 19.8. The maximum Gasteiger partial charge on any atom is 0.219 e. The predicted octanol–water partition coefficient (Wildman–Crippen LogP) is 4.89. The number of carbonyl (C=O) groups excluding carboxylic acids is 1. The van der Waals surface area contributed by atoms with Crippen molar-refractivity contribution < 1.29 is 23.0 Å². The molecule has 1 amide bonds. The number of piperidine rings is 1. The lowest BCUT2D eigenvalue weighted by Crippen LogP contribution is -2.40.